The Bertz CT molecular complexity index is 741. The van der Waals surface area contributed by atoms with Crippen molar-refractivity contribution in [3.63, 3.8) is 0 Å². The highest BCUT2D eigenvalue weighted by Gasteiger charge is 2.29. The van der Waals surface area contributed by atoms with E-state index in [0.717, 1.165) is 17.0 Å². The van der Waals surface area contributed by atoms with Crippen molar-refractivity contribution in [2.24, 2.45) is 0 Å². The molecule has 2 aromatic rings. The number of pyridine rings is 1. The number of aryl methyl sites for hydroxylation is 2. The van der Waals surface area contributed by atoms with E-state index in [9.17, 15) is 4.79 Å². The Labute approximate surface area is 153 Å². The Hall–Kier alpha value is -2.44. The zero-order valence-corrected chi connectivity index (χ0v) is 15.1. The molecule has 0 spiro atoms. The first kappa shape index (κ1) is 18.4. The first-order valence-electron chi connectivity index (χ1n) is 8.75. The minimum atomic E-state index is -0.267. The molecule has 1 aromatic carbocycles. The maximum absolute atomic E-state index is 12.6. The molecule has 0 radical (unpaired) electrons. The van der Waals surface area contributed by atoms with Gasteiger partial charge in [0.2, 0.25) is 0 Å². The van der Waals surface area contributed by atoms with E-state index in [0.29, 0.717) is 30.9 Å². The maximum atomic E-state index is 12.6. The van der Waals surface area contributed by atoms with Crippen molar-refractivity contribution in [1.29, 1.82) is 0 Å². The molecule has 6 heteroatoms. The third kappa shape index (κ3) is 4.59. The van der Waals surface area contributed by atoms with Crippen molar-refractivity contribution in [2.75, 3.05) is 13.2 Å². The minimum Gasteiger partial charge on any atom is -0.486 e. The number of carbonyl (C=O) groups is 1. The van der Waals surface area contributed by atoms with Crippen molar-refractivity contribution in [1.82, 2.24) is 10.3 Å². The van der Waals surface area contributed by atoms with E-state index < -0.39 is 0 Å². The van der Waals surface area contributed by atoms with E-state index in [1.807, 2.05) is 38.1 Å². The Balaban J connectivity index is 1.68. The zero-order chi connectivity index (χ0) is 18.5. The third-order valence-electron chi connectivity index (χ3n) is 4.36. The Morgan fingerprint density at radius 2 is 1.96 bits per heavy atom. The highest BCUT2D eigenvalue weighted by atomic mass is 16.5. The van der Waals surface area contributed by atoms with Gasteiger partial charge < -0.3 is 19.9 Å². The molecule has 0 unspecified atom stereocenters. The average molecular weight is 356 g/mol. The predicted octanol–water partition coefficient (Wildman–Crippen LogP) is 2.16. The second kappa shape index (κ2) is 8.29. The summed E-state index contributed by atoms with van der Waals surface area (Å²) in [7, 11) is 0. The molecule has 6 nitrogen and oxygen atoms in total. The molecule has 1 amide bonds. The second-order valence-electron chi connectivity index (χ2n) is 6.54. The van der Waals surface area contributed by atoms with Crippen molar-refractivity contribution < 1.29 is 19.4 Å². The summed E-state index contributed by atoms with van der Waals surface area (Å²) in [4.78, 5) is 16.9. The van der Waals surface area contributed by atoms with E-state index >= 15 is 0 Å². The minimum absolute atomic E-state index is 0.00370. The standard InChI is InChI=1S/C20H24N2O4/c1-13-9-16(10-14(2)21-13)20(24)22-18-7-8-25-12-19(18)26-17-5-3-15(11-23)4-6-17/h3-6,9-10,18-19,23H,7-8,11-12H2,1-2H3,(H,22,24)/t18-,19-/m1/s1. The summed E-state index contributed by atoms with van der Waals surface area (Å²) in [6.07, 6.45) is 0.422. The molecule has 1 aliphatic heterocycles. The lowest BCUT2D eigenvalue weighted by atomic mass is 10.0. The monoisotopic (exact) mass is 356 g/mol. The topological polar surface area (TPSA) is 80.7 Å². The molecule has 1 aromatic heterocycles. The fraction of sp³-hybridized carbons (Fsp3) is 0.400. The molecule has 0 aliphatic carbocycles. The number of amides is 1. The molecule has 0 saturated carbocycles. The summed E-state index contributed by atoms with van der Waals surface area (Å²) >= 11 is 0. The van der Waals surface area contributed by atoms with Crippen molar-refractivity contribution in [3.8, 4) is 5.75 Å². The highest BCUT2D eigenvalue weighted by molar-refractivity contribution is 5.94. The summed E-state index contributed by atoms with van der Waals surface area (Å²) in [6.45, 7) is 4.75. The number of aliphatic hydroxyl groups excluding tert-OH is 1. The van der Waals surface area contributed by atoms with Crippen LogP contribution in [0.4, 0.5) is 0 Å². The number of nitrogens with one attached hydrogen (secondary N) is 1. The van der Waals surface area contributed by atoms with Crippen LogP contribution >= 0.6 is 0 Å². The lowest BCUT2D eigenvalue weighted by molar-refractivity contribution is -0.0135. The SMILES string of the molecule is Cc1cc(C(=O)N[C@@H]2CCOC[C@H]2Oc2ccc(CO)cc2)cc(C)n1. The summed E-state index contributed by atoms with van der Waals surface area (Å²) < 4.78 is 11.5. The van der Waals surface area contributed by atoms with Gasteiger partial charge in [-0.1, -0.05) is 12.1 Å². The third-order valence-corrected chi connectivity index (χ3v) is 4.36. The van der Waals surface area contributed by atoms with Crippen molar-refractivity contribution in [3.05, 3.63) is 58.9 Å². The van der Waals surface area contributed by atoms with Crippen LogP contribution in [0.1, 0.15) is 33.7 Å². The van der Waals surface area contributed by atoms with Crippen LogP contribution in [0.15, 0.2) is 36.4 Å². The summed E-state index contributed by atoms with van der Waals surface area (Å²) in [5.41, 5.74) is 3.07. The average Bonchev–Trinajstić information content (AvgIpc) is 2.63. The lowest BCUT2D eigenvalue weighted by Crippen LogP contribution is -2.51. The van der Waals surface area contributed by atoms with Crippen LogP contribution in [0.25, 0.3) is 0 Å². The molecular formula is C20H24N2O4. The van der Waals surface area contributed by atoms with Crippen molar-refractivity contribution >= 4 is 5.91 Å². The first-order chi connectivity index (χ1) is 12.5. The molecule has 1 fully saturated rings. The van der Waals surface area contributed by atoms with Gasteiger partial charge in [-0.25, -0.2) is 0 Å². The molecule has 0 bridgehead atoms. The van der Waals surface area contributed by atoms with Crippen LogP contribution in [-0.2, 0) is 11.3 Å². The normalized spacial score (nSPS) is 19.8. The number of carbonyl (C=O) groups excluding carboxylic acids is 1. The van der Waals surface area contributed by atoms with Crippen LogP contribution in [0.5, 0.6) is 5.75 Å². The zero-order valence-electron chi connectivity index (χ0n) is 15.1. The number of ether oxygens (including phenoxy) is 2. The van der Waals surface area contributed by atoms with Gasteiger partial charge >= 0.3 is 0 Å². The number of rotatable bonds is 5. The maximum Gasteiger partial charge on any atom is 0.251 e. The molecule has 138 valence electrons. The number of nitrogens with zero attached hydrogens (tertiary/aromatic N) is 1. The highest BCUT2D eigenvalue weighted by Crippen LogP contribution is 2.19. The molecule has 1 saturated heterocycles. The van der Waals surface area contributed by atoms with Crippen LogP contribution in [0.3, 0.4) is 0 Å². The van der Waals surface area contributed by atoms with E-state index in [2.05, 4.69) is 10.3 Å². The quantitative estimate of drug-likeness (QED) is 0.858. The van der Waals surface area contributed by atoms with Gasteiger partial charge in [0.15, 0.2) is 0 Å². The lowest BCUT2D eigenvalue weighted by Gasteiger charge is -2.32. The molecule has 3 rings (SSSR count). The van der Waals surface area contributed by atoms with Gasteiger partial charge in [-0.2, -0.15) is 0 Å². The first-order valence-corrected chi connectivity index (χ1v) is 8.75. The smallest absolute Gasteiger partial charge is 0.251 e. The van der Waals surface area contributed by atoms with Gasteiger partial charge in [0.1, 0.15) is 11.9 Å². The summed E-state index contributed by atoms with van der Waals surface area (Å²) in [5, 5.41) is 12.2. The Morgan fingerprint density at radius 1 is 1.27 bits per heavy atom. The second-order valence-corrected chi connectivity index (χ2v) is 6.54. The fourth-order valence-corrected chi connectivity index (χ4v) is 3.06. The molecule has 2 atom stereocenters. The largest absolute Gasteiger partial charge is 0.486 e. The van der Waals surface area contributed by atoms with Gasteiger partial charge in [0.05, 0.1) is 19.3 Å². The number of hydrogen-bond acceptors (Lipinski definition) is 5. The molecule has 26 heavy (non-hydrogen) atoms. The molecule has 2 heterocycles. The van der Waals surface area contributed by atoms with Gasteiger partial charge in [-0.3, -0.25) is 9.78 Å². The molecular weight excluding hydrogens is 332 g/mol. The van der Waals surface area contributed by atoms with Gasteiger partial charge in [-0.15, -0.1) is 0 Å². The van der Waals surface area contributed by atoms with E-state index in [-0.39, 0.29) is 24.7 Å². The Kier molecular flexibility index (Phi) is 5.85. The number of aromatic nitrogens is 1. The number of hydrogen-bond donors (Lipinski definition) is 2. The van der Waals surface area contributed by atoms with Crippen LogP contribution in [-0.4, -0.2) is 41.4 Å². The molecule has 2 N–H and O–H groups in total. The van der Waals surface area contributed by atoms with Gasteiger partial charge in [-0.05, 0) is 50.1 Å². The van der Waals surface area contributed by atoms with E-state index in [1.165, 1.54) is 0 Å². The van der Waals surface area contributed by atoms with Gasteiger partial charge in [0.25, 0.3) is 5.91 Å². The summed E-state index contributed by atoms with van der Waals surface area (Å²) in [6, 6.07) is 10.7. The van der Waals surface area contributed by atoms with Gasteiger partial charge in [0, 0.05) is 23.6 Å². The number of benzene rings is 1. The predicted molar refractivity (Wildman–Crippen MR) is 97.2 cm³/mol. The number of aliphatic hydroxyl groups is 1. The fourth-order valence-electron chi connectivity index (χ4n) is 3.06. The van der Waals surface area contributed by atoms with Crippen LogP contribution in [0.2, 0.25) is 0 Å². The summed E-state index contributed by atoms with van der Waals surface area (Å²) in [5.74, 6) is 0.558. The van der Waals surface area contributed by atoms with Crippen molar-refractivity contribution in [2.45, 2.75) is 39.0 Å². The van der Waals surface area contributed by atoms with E-state index in [1.54, 1.807) is 12.1 Å². The Morgan fingerprint density at radius 3 is 2.62 bits per heavy atom. The van der Waals surface area contributed by atoms with Crippen LogP contribution in [0, 0.1) is 13.8 Å². The van der Waals surface area contributed by atoms with E-state index in [4.69, 9.17) is 14.6 Å². The van der Waals surface area contributed by atoms with Crippen LogP contribution < -0.4 is 10.1 Å². The molecule has 1 aliphatic rings.